The number of likely N-dealkylation sites (N-methyl/N-ethyl adjacent to an activating group) is 1. The predicted octanol–water partition coefficient (Wildman–Crippen LogP) is 1.95. The van der Waals surface area contributed by atoms with Crippen LogP contribution in [0.15, 0.2) is 11.6 Å². The molecule has 0 saturated carbocycles. The second-order valence-corrected chi connectivity index (χ2v) is 3.14. The van der Waals surface area contributed by atoms with Crippen molar-refractivity contribution in [2.75, 3.05) is 7.05 Å². The molecule has 1 N–H and O–H groups in total. The van der Waals surface area contributed by atoms with Crippen molar-refractivity contribution in [3.05, 3.63) is 11.6 Å². The van der Waals surface area contributed by atoms with Crippen LogP contribution in [-0.4, -0.2) is 13.1 Å². The number of hydrogen-bond acceptors (Lipinski definition) is 1. The molecule has 1 aliphatic rings. The van der Waals surface area contributed by atoms with Crippen LogP contribution >= 0.6 is 0 Å². The molecule has 0 fully saturated rings. The van der Waals surface area contributed by atoms with Gasteiger partial charge in [0.2, 0.25) is 0 Å². The average Bonchev–Trinajstić information content (AvgIpc) is 2.73. The molecule has 0 bridgehead atoms. The molecule has 2 atom stereocenters. The van der Waals surface area contributed by atoms with E-state index in [0.29, 0.717) is 6.04 Å². The number of hydrogen-bond donors (Lipinski definition) is 1. The minimum Gasteiger partial charge on any atom is -0.313 e. The Morgan fingerprint density at radius 1 is 1.70 bits per heavy atom. The van der Waals surface area contributed by atoms with Crippen LogP contribution in [0.1, 0.15) is 26.7 Å². The average molecular weight is 139 g/mol. The monoisotopic (exact) mass is 139 g/mol. The summed E-state index contributed by atoms with van der Waals surface area (Å²) in [6, 6.07) is 0.657. The Labute approximate surface area is 63.5 Å². The van der Waals surface area contributed by atoms with Crippen LogP contribution in [0.3, 0.4) is 0 Å². The number of rotatable bonds is 4. The lowest BCUT2D eigenvalue weighted by molar-refractivity contribution is 0.439. The third kappa shape index (κ3) is 1.60. The van der Waals surface area contributed by atoms with Crippen molar-refractivity contribution in [2.24, 2.45) is 5.92 Å². The lowest BCUT2D eigenvalue weighted by Gasteiger charge is -2.19. The van der Waals surface area contributed by atoms with Gasteiger partial charge in [-0.3, -0.25) is 0 Å². The lowest BCUT2D eigenvalue weighted by atomic mass is 9.97. The van der Waals surface area contributed by atoms with Crippen LogP contribution in [0, 0.1) is 5.92 Å². The van der Waals surface area contributed by atoms with Crippen molar-refractivity contribution >= 4 is 0 Å². The maximum atomic E-state index is 3.35. The molecule has 0 amide bonds. The van der Waals surface area contributed by atoms with Gasteiger partial charge in [-0.2, -0.15) is 0 Å². The molecule has 0 radical (unpaired) electrons. The molecule has 0 spiro atoms. The van der Waals surface area contributed by atoms with Gasteiger partial charge >= 0.3 is 0 Å². The van der Waals surface area contributed by atoms with Crippen molar-refractivity contribution in [3.8, 4) is 0 Å². The first kappa shape index (κ1) is 7.80. The fraction of sp³-hybridized carbons (Fsp3) is 0.778. The van der Waals surface area contributed by atoms with E-state index in [1.165, 1.54) is 12.8 Å². The fourth-order valence-corrected chi connectivity index (χ4v) is 1.38. The molecule has 0 aromatic rings. The van der Waals surface area contributed by atoms with Crippen LogP contribution in [0.2, 0.25) is 0 Å². The van der Waals surface area contributed by atoms with Crippen LogP contribution in [0.4, 0.5) is 0 Å². The normalized spacial score (nSPS) is 21.7. The topological polar surface area (TPSA) is 12.0 Å². The van der Waals surface area contributed by atoms with E-state index in [-0.39, 0.29) is 0 Å². The van der Waals surface area contributed by atoms with Crippen molar-refractivity contribution in [3.63, 3.8) is 0 Å². The van der Waals surface area contributed by atoms with Crippen molar-refractivity contribution in [1.82, 2.24) is 5.32 Å². The van der Waals surface area contributed by atoms with Gasteiger partial charge in [-0.05, 0) is 19.4 Å². The molecule has 1 nitrogen and oxygen atoms in total. The summed E-state index contributed by atoms with van der Waals surface area (Å²) >= 11 is 0. The zero-order valence-corrected chi connectivity index (χ0v) is 7.15. The highest BCUT2D eigenvalue weighted by atomic mass is 14.9. The summed E-state index contributed by atoms with van der Waals surface area (Å²) < 4.78 is 0. The van der Waals surface area contributed by atoms with Crippen LogP contribution < -0.4 is 5.32 Å². The van der Waals surface area contributed by atoms with E-state index in [2.05, 4.69) is 32.3 Å². The van der Waals surface area contributed by atoms with Gasteiger partial charge in [0.25, 0.3) is 0 Å². The molecule has 0 saturated heterocycles. The van der Waals surface area contributed by atoms with Crippen LogP contribution in [0.5, 0.6) is 0 Å². The van der Waals surface area contributed by atoms with Crippen LogP contribution in [0.25, 0.3) is 0 Å². The molecule has 10 heavy (non-hydrogen) atoms. The van der Waals surface area contributed by atoms with E-state index in [4.69, 9.17) is 0 Å². The van der Waals surface area contributed by atoms with Crippen molar-refractivity contribution in [1.29, 1.82) is 0 Å². The Kier molecular flexibility index (Phi) is 2.50. The second kappa shape index (κ2) is 3.20. The van der Waals surface area contributed by atoms with Gasteiger partial charge in [0.05, 0.1) is 0 Å². The quantitative estimate of drug-likeness (QED) is 0.587. The van der Waals surface area contributed by atoms with E-state index in [1.54, 1.807) is 5.57 Å². The SMILES string of the molecule is CCC(C)C(NC)C1=CC1. The predicted molar refractivity (Wildman–Crippen MR) is 45.0 cm³/mol. The van der Waals surface area contributed by atoms with Gasteiger partial charge in [-0.15, -0.1) is 0 Å². The Balaban J connectivity index is 2.39. The highest BCUT2D eigenvalue weighted by Gasteiger charge is 2.22. The smallest absolute Gasteiger partial charge is 0.0305 e. The second-order valence-electron chi connectivity index (χ2n) is 3.14. The molecule has 1 heteroatoms. The summed E-state index contributed by atoms with van der Waals surface area (Å²) in [5.74, 6) is 0.791. The van der Waals surface area contributed by atoms with Gasteiger partial charge in [0.15, 0.2) is 0 Å². The molecule has 0 aromatic heterocycles. The fourth-order valence-electron chi connectivity index (χ4n) is 1.38. The molecule has 0 aromatic carbocycles. The Morgan fingerprint density at radius 2 is 2.30 bits per heavy atom. The lowest BCUT2D eigenvalue weighted by Crippen LogP contribution is -2.30. The first-order valence-electron chi connectivity index (χ1n) is 4.15. The highest BCUT2D eigenvalue weighted by molar-refractivity contribution is 5.28. The summed E-state index contributed by atoms with van der Waals surface area (Å²) in [4.78, 5) is 0. The van der Waals surface area contributed by atoms with E-state index in [0.717, 1.165) is 5.92 Å². The molecule has 1 aliphatic carbocycles. The van der Waals surface area contributed by atoms with E-state index >= 15 is 0 Å². The molecule has 0 aliphatic heterocycles. The molecule has 58 valence electrons. The third-order valence-electron chi connectivity index (χ3n) is 2.36. The van der Waals surface area contributed by atoms with Crippen molar-refractivity contribution in [2.45, 2.75) is 32.7 Å². The summed E-state index contributed by atoms with van der Waals surface area (Å²) in [5, 5.41) is 3.35. The largest absolute Gasteiger partial charge is 0.313 e. The van der Waals surface area contributed by atoms with E-state index in [1.807, 2.05) is 0 Å². The van der Waals surface area contributed by atoms with E-state index in [9.17, 15) is 0 Å². The first-order chi connectivity index (χ1) is 4.79. The van der Waals surface area contributed by atoms with Gasteiger partial charge in [-0.25, -0.2) is 0 Å². The maximum Gasteiger partial charge on any atom is 0.0305 e. The zero-order valence-electron chi connectivity index (χ0n) is 7.15. The van der Waals surface area contributed by atoms with E-state index < -0.39 is 0 Å². The number of nitrogens with one attached hydrogen (secondary N) is 1. The highest BCUT2D eigenvalue weighted by Crippen LogP contribution is 2.27. The summed E-state index contributed by atoms with van der Waals surface area (Å²) in [6.07, 6.45) is 4.83. The molecule has 0 heterocycles. The van der Waals surface area contributed by atoms with Gasteiger partial charge < -0.3 is 5.32 Å². The summed E-state index contributed by atoms with van der Waals surface area (Å²) in [6.45, 7) is 4.55. The molecule has 1 rings (SSSR count). The standard InChI is InChI=1S/C9H17N/c1-4-7(2)9(10-3)8-5-6-8/h5,7,9-10H,4,6H2,1-3H3. The molecular weight excluding hydrogens is 122 g/mol. The molecule has 2 unspecified atom stereocenters. The Bertz CT molecular complexity index is 138. The zero-order chi connectivity index (χ0) is 7.56. The van der Waals surface area contributed by atoms with Gasteiger partial charge in [0.1, 0.15) is 0 Å². The minimum atomic E-state index is 0.657. The Hall–Kier alpha value is -0.300. The number of allylic oxidation sites excluding steroid dienone is 1. The summed E-state index contributed by atoms with van der Waals surface area (Å²) in [5.41, 5.74) is 1.61. The Morgan fingerprint density at radius 3 is 2.60 bits per heavy atom. The summed E-state index contributed by atoms with van der Waals surface area (Å²) in [7, 11) is 2.05. The maximum absolute atomic E-state index is 3.35. The van der Waals surface area contributed by atoms with Crippen molar-refractivity contribution < 1.29 is 0 Å². The van der Waals surface area contributed by atoms with Gasteiger partial charge in [0, 0.05) is 6.04 Å². The third-order valence-corrected chi connectivity index (χ3v) is 2.36. The van der Waals surface area contributed by atoms with Gasteiger partial charge in [-0.1, -0.05) is 31.9 Å². The van der Waals surface area contributed by atoms with Crippen LogP contribution in [-0.2, 0) is 0 Å². The first-order valence-corrected chi connectivity index (χ1v) is 4.15. The minimum absolute atomic E-state index is 0.657. The molecular formula is C9H17N.